The Hall–Kier alpha value is -2.86. The van der Waals surface area contributed by atoms with E-state index in [2.05, 4.69) is 22.4 Å². The first-order valence-corrected chi connectivity index (χ1v) is 9.46. The molecule has 3 aromatic rings. The summed E-state index contributed by atoms with van der Waals surface area (Å²) in [5.74, 6) is 1.21. The van der Waals surface area contributed by atoms with E-state index in [1.807, 2.05) is 43.3 Å². The molecule has 27 heavy (non-hydrogen) atoms. The van der Waals surface area contributed by atoms with Crippen LogP contribution in [-0.2, 0) is 6.42 Å². The second-order valence-electron chi connectivity index (χ2n) is 5.99. The Morgan fingerprint density at radius 1 is 1.07 bits per heavy atom. The maximum absolute atomic E-state index is 12.5. The lowest BCUT2D eigenvalue weighted by molar-refractivity contribution is 0.0957. The fourth-order valence-electron chi connectivity index (χ4n) is 2.75. The molecule has 1 heterocycles. The molecule has 5 nitrogen and oxygen atoms in total. The van der Waals surface area contributed by atoms with Gasteiger partial charge in [-0.1, -0.05) is 30.3 Å². The van der Waals surface area contributed by atoms with Crippen molar-refractivity contribution in [2.45, 2.75) is 13.3 Å². The predicted octanol–water partition coefficient (Wildman–Crippen LogP) is 4.11. The standard InChI is InChI=1S/C21H22N2O3S/c1-14-19(20(24)22-12-11-15-7-5-4-6-8-15)27-21(23-14)16-9-10-17(25-2)18(13-16)26-3/h4-10,13H,11-12H2,1-3H3,(H,22,24). The Labute approximate surface area is 163 Å². The van der Waals surface area contributed by atoms with Crippen LogP contribution < -0.4 is 14.8 Å². The van der Waals surface area contributed by atoms with E-state index in [0.717, 1.165) is 22.7 Å². The molecule has 1 aromatic heterocycles. The van der Waals surface area contributed by atoms with E-state index >= 15 is 0 Å². The maximum Gasteiger partial charge on any atom is 0.263 e. The molecule has 0 saturated heterocycles. The van der Waals surface area contributed by atoms with Crippen LogP contribution in [0.2, 0.25) is 0 Å². The van der Waals surface area contributed by atoms with Crippen LogP contribution >= 0.6 is 11.3 Å². The normalized spacial score (nSPS) is 10.5. The van der Waals surface area contributed by atoms with Crippen molar-refractivity contribution in [1.29, 1.82) is 0 Å². The van der Waals surface area contributed by atoms with E-state index in [1.165, 1.54) is 16.9 Å². The molecule has 1 amide bonds. The van der Waals surface area contributed by atoms with Crippen LogP contribution in [0.5, 0.6) is 11.5 Å². The molecule has 0 unspecified atom stereocenters. The number of carbonyl (C=O) groups is 1. The van der Waals surface area contributed by atoms with Gasteiger partial charge in [0.15, 0.2) is 11.5 Å². The summed E-state index contributed by atoms with van der Waals surface area (Å²) in [6.07, 6.45) is 0.799. The lowest BCUT2D eigenvalue weighted by Gasteiger charge is -2.08. The number of thiazole rings is 1. The Balaban J connectivity index is 1.71. The highest BCUT2D eigenvalue weighted by Crippen LogP contribution is 2.34. The lowest BCUT2D eigenvalue weighted by atomic mass is 10.1. The minimum absolute atomic E-state index is 0.0901. The molecule has 140 valence electrons. The molecule has 0 atom stereocenters. The third kappa shape index (κ3) is 4.46. The van der Waals surface area contributed by atoms with E-state index in [1.54, 1.807) is 14.2 Å². The van der Waals surface area contributed by atoms with E-state index < -0.39 is 0 Å². The number of hydrogen-bond donors (Lipinski definition) is 1. The van der Waals surface area contributed by atoms with E-state index in [-0.39, 0.29) is 5.91 Å². The second-order valence-corrected chi connectivity index (χ2v) is 6.99. The summed E-state index contributed by atoms with van der Waals surface area (Å²) in [6, 6.07) is 15.7. The monoisotopic (exact) mass is 382 g/mol. The SMILES string of the molecule is COc1ccc(-c2nc(C)c(C(=O)NCCc3ccccc3)s2)cc1OC. The van der Waals surface area contributed by atoms with Gasteiger partial charge in [-0.25, -0.2) is 4.98 Å². The van der Waals surface area contributed by atoms with Gasteiger partial charge >= 0.3 is 0 Å². The fourth-order valence-corrected chi connectivity index (χ4v) is 3.72. The molecule has 0 aliphatic heterocycles. The van der Waals surface area contributed by atoms with Gasteiger partial charge in [0, 0.05) is 12.1 Å². The number of methoxy groups -OCH3 is 2. The number of ether oxygens (including phenoxy) is 2. The van der Waals surface area contributed by atoms with Gasteiger partial charge in [-0.2, -0.15) is 0 Å². The molecule has 0 aliphatic rings. The number of aryl methyl sites for hydroxylation is 1. The number of rotatable bonds is 7. The van der Waals surface area contributed by atoms with Crippen LogP contribution in [0.15, 0.2) is 48.5 Å². The first kappa shape index (κ1) is 18.9. The molecule has 1 N–H and O–H groups in total. The summed E-state index contributed by atoms with van der Waals surface area (Å²) >= 11 is 1.38. The average Bonchev–Trinajstić information content (AvgIpc) is 3.10. The van der Waals surface area contributed by atoms with Crippen LogP contribution in [0.3, 0.4) is 0 Å². The third-order valence-corrected chi connectivity index (χ3v) is 5.38. The Bertz CT molecular complexity index is 922. The van der Waals surface area contributed by atoms with E-state index in [0.29, 0.717) is 22.9 Å². The summed E-state index contributed by atoms with van der Waals surface area (Å²) in [5, 5.41) is 3.76. The molecule has 3 rings (SSSR count). The van der Waals surface area contributed by atoms with Crippen LogP contribution in [0.25, 0.3) is 10.6 Å². The summed E-state index contributed by atoms with van der Waals surface area (Å²) in [6.45, 7) is 2.44. The topological polar surface area (TPSA) is 60.5 Å². The molecule has 0 saturated carbocycles. The lowest BCUT2D eigenvalue weighted by Crippen LogP contribution is -2.25. The number of aromatic nitrogens is 1. The quantitative estimate of drug-likeness (QED) is 0.668. The highest BCUT2D eigenvalue weighted by molar-refractivity contribution is 7.17. The highest BCUT2D eigenvalue weighted by Gasteiger charge is 2.17. The molecule has 0 fully saturated rings. The van der Waals surface area contributed by atoms with Crippen molar-refractivity contribution >= 4 is 17.2 Å². The summed E-state index contributed by atoms with van der Waals surface area (Å²) in [4.78, 5) is 17.7. The number of nitrogens with zero attached hydrogens (tertiary/aromatic N) is 1. The summed E-state index contributed by atoms with van der Waals surface area (Å²) in [7, 11) is 3.20. The van der Waals surface area contributed by atoms with Gasteiger partial charge in [0.1, 0.15) is 9.88 Å². The largest absolute Gasteiger partial charge is 0.493 e. The number of carbonyl (C=O) groups excluding carboxylic acids is 1. The third-order valence-electron chi connectivity index (χ3n) is 4.18. The van der Waals surface area contributed by atoms with Gasteiger partial charge in [0.2, 0.25) is 0 Å². The van der Waals surface area contributed by atoms with Crippen molar-refractivity contribution in [3.05, 3.63) is 64.7 Å². The Morgan fingerprint density at radius 3 is 2.52 bits per heavy atom. The molecule has 6 heteroatoms. The zero-order valence-electron chi connectivity index (χ0n) is 15.6. The van der Waals surface area contributed by atoms with Crippen LogP contribution in [0.4, 0.5) is 0 Å². The van der Waals surface area contributed by atoms with Crippen LogP contribution in [0, 0.1) is 6.92 Å². The second kappa shape index (κ2) is 8.68. The van der Waals surface area contributed by atoms with Crippen LogP contribution in [0.1, 0.15) is 20.9 Å². The molecular formula is C21H22N2O3S. The van der Waals surface area contributed by atoms with Gasteiger partial charge in [-0.3, -0.25) is 4.79 Å². The molecule has 0 bridgehead atoms. The van der Waals surface area contributed by atoms with Crippen molar-refractivity contribution in [1.82, 2.24) is 10.3 Å². The van der Waals surface area contributed by atoms with E-state index in [9.17, 15) is 4.79 Å². The summed E-state index contributed by atoms with van der Waals surface area (Å²) in [5.41, 5.74) is 2.82. The van der Waals surface area contributed by atoms with Gasteiger partial charge in [-0.05, 0) is 37.1 Å². The van der Waals surface area contributed by atoms with Crippen molar-refractivity contribution in [3.63, 3.8) is 0 Å². The first-order chi connectivity index (χ1) is 13.1. The minimum Gasteiger partial charge on any atom is -0.493 e. The zero-order chi connectivity index (χ0) is 19.2. The van der Waals surface area contributed by atoms with Crippen molar-refractivity contribution in [3.8, 4) is 22.1 Å². The number of nitrogens with one attached hydrogen (secondary N) is 1. The summed E-state index contributed by atoms with van der Waals surface area (Å²) < 4.78 is 10.6. The first-order valence-electron chi connectivity index (χ1n) is 8.64. The molecule has 0 radical (unpaired) electrons. The smallest absolute Gasteiger partial charge is 0.263 e. The van der Waals surface area contributed by atoms with E-state index in [4.69, 9.17) is 9.47 Å². The van der Waals surface area contributed by atoms with Crippen molar-refractivity contribution in [2.75, 3.05) is 20.8 Å². The van der Waals surface area contributed by atoms with Crippen molar-refractivity contribution < 1.29 is 14.3 Å². The van der Waals surface area contributed by atoms with Gasteiger partial charge in [0.05, 0.1) is 19.9 Å². The average molecular weight is 382 g/mol. The van der Waals surface area contributed by atoms with Crippen molar-refractivity contribution in [2.24, 2.45) is 0 Å². The predicted molar refractivity (Wildman–Crippen MR) is 108 cm³/mol. The minimum atomic E-state index is -0.0901. The Morgan fingerprint density at radius 2 is 1.81 bits per heavy atom. The number of benzene rings is 2. The highest BCUT2D eigenvalue weighted by atomic mass is 32.1. The van der Waals surface area contributed by atoms with Crippen LogP contribution in [-0.4, -0.2) is 31.7 Å². The Kier molecular flexibility index (Phi) is 6.08. The zero-order valence-corrected chi connectivity index (χ0v) is 16.4. The van der Waals surface area contributed by atoms with Gasteiger partial charge < -0.3 is 14.8 Å². The molecule has 0 aliphatic carbocycles. The maximum atomic E-state index is 12.5. The number of hydrogen-bond acceptors (Lipinski definition) is 5. The fraction of sp³-hybridized carbons (Fsp3) is 0.238. The number of amides is 1. The van der Waals surface area contributed by atoms with Gasteiger partial charge in [-0.15, -0.1) is 11.3 Å². The molecular weight excluding hydrogens is 360 g/mol. The molecule has 2 aromatic carbocycles. The van der Waals surface area contributed by atoms with Gasteiger partial charge in [0.25, 0.3) is 5.91 Å². The molecule has 0 spiro atoms.